The molecule has 0 aliphatic rings. The molecule has 1 amide bonds. The van der Waals surface area contributed by atoms with Crippen molar-refractivity contribution in [2.75, 3.05) is 13.7 Å². The van der Waals surface area contributed by atoms with Crippen molar-refractivity contribution in [3.05, 3.63) is 76.2 Å². The first-order valence-corrected chi connectivity index (χ1v) is 14.9. The van der Waals surface area contributed by atoms with Gasteiger partial charge < -0.3 is 29.7 Å². The van der Waals surface area contributed by atoms with E-state index in [-0.39, 0.29) is 35.9 Å². The van der Waals surface area contributed by atoms with Crippen LogP contribution in [0.25, 0.3) is 11.3 Å². The van der Waals surface area contributed by atoms with Gasteiger partial charge in [0.1, 0.15) is 23.6 Å². The first-order valence-electron chi connectivity index (χ1n) is 14.6. The van der Waals surface area contributed by atoms with Gasteiger partial charge in [0.2, 0.25) is 0 Å². The molecular weight excluding hydrogens is 603 g/mol. The number of ketones is 1. The fourth-order valence-corrected chi connectivity index (χ4v) is 4.58. The Balaban J connectivity index is 1.94. The number of hydrogen-bond donors (Lipinski definition) is 3. The number of nitrogens with zero attached hydrogens (tertiary/aromatic N) is 1. The minimum atomic E-state index is -1.59. The Labute approximate surface area is 268 Å². The molecule has 3 rings (SSSR count). The number of alkyl carbamates (subject to hydrolysis) is 1. The summed E-state index contributed by atoms with van der Waals surface area (Å²) in [6, 6.07) is 12.3. The molecule has 0 saturated heterocycles. The molecule has 0 fully saturated rings. The third-order valence-electron chi connectivity index (χ3n) is 6.93. The summed E-state index contributed by atoms with van der Waals surface area (Å²) in [7, 11) is 1.45. The van der Waals surface area contributed by atoms with E-state index in [1.165, 1.54) is 25.3 Å². The van der Waals surface area contributed by atoms with Gasteiger partial charge in [0.05, 0.1) is 35.2 Å². The second-order valence-corrected chi connectivity index (χ2v) is 13.1. The first kappa shape index (κ1) is 35.7. The van der Waals surface area contributed by atoms with Gasteiger partial charge in [0, 0.05) is 17.5 Å². The van der Waals surface area contributed by atoms with Crippen molar-refractivity contribution in [2.45, 2.75) is 84.2 Å². The van der Waals surface area contributed by atoms with Crippen molar-refractivity contribution >= 4 is 23.5 Å². The number of carbonyl (C=O) groups excluding carboxylic acids is 2. The van der Waals surface area contributed by atoms with Crippen LogP contribution in [0.3, 0.4) is 0 Å². The number of methoxy groups -OCH3 is 1. The van der Waals surface area contributed by atoms with Crippen LogP contribution < -0.4 is 14.8 Å². The fraction of sp³-hybridized carbons (Fsp3) is 0.441. The Kier molecular flexibility index (Phi) is 11.2. The lowest BCUT2D eigenvalue weighted by atomic mass is 9.87. The SMILES string of the molecule is COc1cc(C(=O)CCC(C)(O)c2cc(C(C)(C)NC(=O)OC(C)(C)C)cc(-c3ccc(F)c(Cl)c3)n2)ccc1OC[C@@H](C)O. The Hall–Kier alpha value is -3.73. The molecule has 11 heteroatoms. The molecule has 244 valence electrons. The molecule has 0 bridgehead atoms. The molecule has 3 aromatic rings. The number of aliphatic hydroxyl groups excluding tert-OH is 1. The van der Waals surface area contributed by atoms with Gasteiger partial charge in [0.25, 0.3) is 0 Å². The van der Waals surface area contributed by atoms with Crippen LogP contribution >= 0.6 is 11.6 Å². The molecule has 2 aromatic carbocycles. The molecule has 0 saturated carbocycles. The summed E-state index contributed by atoms with van der Waals surface area (Å²) in [6.07, 6.45) is -1.33. The van der Waals surface area contributed by atoms with Crippen LogP contribution in [0, 0.1) is 5.82 Å². The molecule has 1 aromatic heterocycles. The van der Waals surface area contributed by atoms with Gasteiger partial charge in [-0.05, 0) is 109 Å². The molecule has 1 heterocycles. The molecule has 45 heavy (non-hydrogen) atoms. The van der Waals surface area contributed by atoms with E-state index in [4.69, 9.17) is 25.8 Å². The summed E-state index contributed by atoms with van der Waals surface area (Å²) in [6.45, 7) is 12.0. The highest BCUT2D eigenvalue weighted by Gasteiger charge is 2.32. The minimum Gasteiger partial charge on any atom is -0.493 e. The van der Waals surface area contributed by atoms with Gasteiger partial charge >= 0.3 is 6.09 Å². The normalized spacial score (nSPS) is 13.9. The van der Waals surface area contributed by atoms with Gasteiger partial charge in [-0.15, -0.1) is 0 Å². The average Bonchev–Trinajstić information content (AvgIpc) is 2.94. The van der Waals surface area contributed by atoms with Crippen molar-refractivity contribution in [1.82, 2.24) is 10.3 Å². The van der Waals surface area contributed by atoms with Crippen molar-refractivity contribution in [3.8, 4) is 22.8 Å². The molecule has 0 spiro atoms. The molecule has 9 nitrogen and oxygen atoms in total. The van der Waals surface area contributed by atoms with Crippen molar-refractivity contribution in [1.29, 1.82) is 0 Å². The Morgan fingerprint density at radius 2 is 1.71 bits per heavy atom. The standard InChI is InChI=1S/C34H42ClFN2O7/c1-20(39)19-44-28-12-10-22(16-29(28)43-8)27(40)13-14-34(7,42)30-18-23(33(5,6)38-31(41)45-32(2,3)4)17-26(37-30)21-9-11-25(36)24(35)15-21/h9-12,15-18,20,39,42H,13-14,19H2,1-8H3,(H,38,41)/t20-,34?/m1/s1. The second kappa shape index (κ2) is 14.1. The van der Waals surface area contributed by atoms with Crippen LogP contribution in [0.15, 0.2) is 48.5 Å². The summed E-state index contributed by atoms with van der Waals surface area (Å²) in [5.41, 5.74) is -1.24. The number of hydrogen-bond acceptors (Lipinski definition) is 8. The average molecular weight is 645 g/mol. The Morgan fingerprint density at radius 3 is 2.31 bits per heavy atom. The topological polar surface area (TPSA) is 127 Å². The number of rotatable bonds is 12. The molecule has 1 unspecified atom stereocenters. The van der Waals surface area contributed by atoms with Crippen molar-refractivity contribution < 1.29 is 38.4 Å². The van der Waals surface area contributed by atoms with E-state index in [0.29, 0.717) is 33.9 Å². The maximum atomic E-state index is 14.0. The highest BCUT2D eigenvalue weighted by atomic mass is 35.5. The molecule has 2 atom stereocenters. The van der Waals surface area contributed by atoms with E-state index in [1.54, 1.807) is 78.8 Å². The molecule has 3 N–H and O–H groups in total. The third kappa shape index (κ3) is 9.88. The van der Waals surface area contributed by atoms with Crippen LogP contribution in [-0.4, -0.2) is 52.5 Å². The second-order valence-electron chi connectivity index (χ2n) is 12.7. The van der Waals surface area contributed by atoms with E-state index >= 15 is 0 Å². The molecule has 0 aliphatic heterocycles. The lowest BCUT2D eigenvalue weighted by Gasteiger charge is -2.31. The smallest absolute Gasteiger partial charge is 0.408 e. The van der Waals surface area contributed by atoms with E-state index < -0.39 is 34.8 Å². The summed E-state index contributed by atoms with van der Waals surface area (Å²) < 4.78 is 30.3. The zero-order chi connectivity index (χ0) is 33.7. The number of amides is 1. The monoisotopic (exact) mass is 644 g/mol. The van der Waals surface area contributed by atoms with Crippen LogP contribution in [-0.2, 0) is 15.9 Å². The molecule has 0 aliphatic carbocycles. The highest BCUT2D eigenvalue weighted by molar-refractivity contribution is 6.31. The summed E-state index contributed by atoms with van der Waals surface area (Å²) in [5, 5.41) is 23.9. The third-order valence-corrected chi connectivity index (χ3v) is 7.22. The Morgan fingerprint density at radius 1 is 1.02 bits per heavy atom. The van der Waals surface area contributed by atoms with E-state index in [0.717, 1.165) is 0 Å². The number of aliphatic hydroxyl groups is 2. The van der Waals surface area contributed by atoms with E-state index in [2.05, 4.69) is 10.3 Å². The van der Waals surface area contributed by atoms with Gasteiger partial charge in [-0.3, -0.25) is 4.79 Å². The number of nitrogens with one attached hydrogen (secondary N) is 1. The van der Waals surface area contributed by atoms with E-state index in [9.17, 15) is 24.2 Å². The Bertz CT molecular complexity index is 1530. The summed E-state index contributed by atoms with van der Waals surface area (Å²) in [4.78, 5) is 30.6. The van der Waals surface area contributed by atoms with Crippen LogP contribution in [0.4, 0.5) is 9.18 Å². The number of carbonyl (C=O) groups is 2. The zero-order valence-corrected chi connectivity index (χ0v) is 27.7. The molecular formula is C34H42ClFN2O7. The lowest BCUT2D eigenvalue weighted by molar-refractivity contribution is 0.0394. The zero-order valence-electron chi connectivity index (χ0n) is 27.0. The van der Waals surface area contributed by atoms with Gasteiger partial charge in [-0.2, -0.15) is 0 Å². The maximum Gasteiger partial charge on any atom is 0.408 e. The van der Waals surface area contributed by atoms with Crippen molar-refractivity contribution in [3.63, 3.8) is 0 Å². The number of aromatic nitrogens is 1. The molecule has 0 radical (unpaired) electrons. The van der Waals surface area contributed by atoms with Gasteiger partial charge in [0.15, 0.2) is 17.3 Å². The van der Waals surface area contributed by atoms with Gasteiger partial charge in [-0.25, -0.2) is 14.2 Å². The highest BCUT2D eigenvalue weighted by Crippen LogP contribution is 2.34. The van der Waals surface area contributed by atoms with Gasteiger partial charge in [-0.1, -0.05) is 11.6 Å². The van der Waals surface area contributed by atoms with Crippen molar-refractivity contribution in [2.24, 2.45) is 0 Å². The predicted molar refractivity (Wildman–Crippen MR) is 170 cm³/mol. The lowest BCUT2D eigenvalue weighted by Crippen LogP contribution is -2.44. The number of ether oxygens (including phenoxy) is 3. The minimum absolute atomic E-state index is 0.00835. The largest absolute Gasteiger partial charge is 0.493 e. The number of Topliss-reactive ketones (excluding diaryl/α,β-unsaturated/α-hetero) is 1. The quantitative estimate of drug-likeness (QED) is 0.181. The summed E-state index contributed by atoms with van der Waals surface area (Å²) >= 11 is 6.07. The van der Waals surface area contributed by atoms with Crippen LogP contribution in [0.2, 0.25) is 5.02 Å². The van der Waals surface area contributed by atoms with E-state index in [1.807, 2.05) is 0 Å². The number of halogens is 2. The summed E-state index contributed by atoms with van der Waals surface area (Å²) in [5.74, 6) is -0.110. The first-order chi connectivity index (χ1) is 20.8. The maximum absolute atomic E-state index is 14.0. The predicted octanol–water partition coefficient (Wildman–Crippen LogP) is 6.94. The fourth-order valence-electron chi connectivity index (χ4n) is 4.40. The van der Waals surface area contributed by atoms with Crippen LogP contribution in [0.1, 0.15) is 82.9 Å². The number of pyridine rings is 1. The van der Waals surface area contributed by atoms with Crippen LogP contribution in [0.5, 0.6) is 11.5 Å². The number of benzene rings is 2.